The van der Waals surface area contributed by atoms with Crippen molar-refractivity contribution in [1.82, 2.24) is 15.6 Å². The van der Waals surface area contributed by atoms with Crippen molar-refractivity contribution in [3.05, 3.63) is 23.9 Å². The second-order valence-electron chi connectivity index (χ2n) is 8.81. The first-order valence-corrected chi connectivity index (χ1v) is 10.5. The van der Waals surface area contributed by atoms with Crippen LogP contribution in [-0.2, 0) is 11.3 Å². The summed E-state index contributed by atoms with van der Waals surface area (Å²) in [5.41, 5.74) is 1.20. The molecule has 2 heterocycles. The molecule has 0 spiro atoms. The van der Waals surface area contributed by atoms with Gasteiger partial charge in [0.25, 0.3) is 0 Å². The fraction of sp³-hybridized carbons (Fsp3) is 0.727. The molecule has 29 heavy (non-hydrogen) atoms. The van der Waals surface area contributed by atoms with Crippen molar-refractivity contribution in [2.24, 2.45) is 16.3 Å². The van der Waals surface area contributed by atoms with Gasteiger partial charge >= 0.3 is 0 Å². The molecule has 2 N–H and O–H groups in total. The monoisotopic (exact) mass is 518 g/mol. The summed E-state index contributed by atoms with van der Waals surface area (Å²) in [7, 11) is 0. The summed E-state index contributed by atoms with van der Waals surface area (Å²) in [6.07, 6.45) is 4.55. The summed E-state index contributed by atoms with van der Waals surface area (Å²) in [6.45, 7) is 16.0. The number of aliphatic imine (C=N–C) groups is 1. The van der Waals surface area contributed by atoms with Crippen LogP contribution in [0.4, 0.5) is 0 Å². The lowest BCUT2D eigenvalue weighted by molar-refractivity contribution is -0.0835. The first-order chi connectivity index (χ1) is 13.3. The van der Waals surface area contributed by atoms with Crippen LogP contribution in [0.3, 0.4) is 0 Å². The minimum Gasteiger partial charge on any atom is -0.475 e. The zero-order valence-corrected chi connectivity index (χ0v) is 21.2. The number of nitrogens with zero attached hydrogens (tertiary/aromatic N) is 2. The van der Waals surface area contributed by atoms with E-state index in [0.29, 0.717) is 18.3 Å². The Hall–Kier alpha value is -1.09. The Morgan fingerprint density at radius 3 is 2.66 bits per heavy atom. The van der Waals surface area contributed by atoms with Gasteiger partial charge in [-0.2, -0.15) is 0 Å². The molecular weight excluding hydrogens is 479 g/mol. The number of hydrogen-bond acceptors (Lipinski definition) is 4. The molecule has 1 aromatic heterocycles. The average molecular weight is 518 g/mol. The maximum Gasteiger partial charge on any atom is 0.213 e. The largest absolute Gasteiger partial charge is 0.475 e. The molecule has 1 saturated heterocycles. The molecule has 1 aliphatic rings. The van der Waals surface area contributed by atoms with E-state index < -0.39 is 0 Å². The van der Waals surface area contributed by atoms with Gasteiger partial charge < -0.3 is 20.1 Å². The van der Waals surface area contributed by atoms with Crippen LogP contribution in [-0.4, -0.2) is 42.8 Å². The fourth-order valence-corrected chi connectivity index (χ4v) is 3.57. The summed E-state index contributed by atoms with van der Waals surface area (Å²) < 4.78 is 11.7. The highest BCUT2D eigenvalue weighted by Crippen LogP contribution is 2.33. The van der Waals surface area contributed by atoms with Crippen molar-refractivity contribution in [1.29, 1.82) is 0 Å². The Bertz CT molecular complexity index is 614. The van der Waals surface area contributed by atoms with E-state index in [1.807, 2.05) is 32.2 Å². The van der Waals surface area contributed by atoms with Gasteiger partial charge in [0, 0.05) is 37.9 Å². The van der Waals surface area contributed by atoms with Crippen LogP contribution in [0.2, 0.25) is 0 Å². The Kier molecular flexibility index (Phi) is 11.2. The van der Waals surface area contributed by atoms with E-state index in [1.165, 1.54) is 6.42 Å². The number of guanidine groups is 1. The quantitative estimate of drug-likeness (QED) is 0.319. The van der Waals surface area contributed by atoms with Gasteiger partial charge in [0.15, 0.2) is 5.96 Å². The predicted octanol–water partition coefficient (Wildman–Crippen LogP) is 4.38. The number of pyridine rings is 1. The normalized spacial score (nSPS) is 20.2. The van der Waals surface area contributed by atoms with Crippen LogP contribution < -0.4 is 15.4 Å². The number of hydrogen-bond donors (Lipinski definition) is 2. The van der Waals surface area contributed by atoms with E-state index in [1.54, 1.807) is 0 Å². The van der Waals surface area contributed by atoms with E-state index in [0.717, 1.165) is 37.6 Å². The molecule has 1 fully saturated rings. The third-order valence-electron chi connectivity index (χ3n) is 4.75. The number of ether oxygens (including phenoxy) is 2. The van der Waals surface area contributed by atoms with E-state index in [9.17, 15) is 0 Å². The van der Waals surface area contributed by atoms with E-state index in [-0.39, 0.29) is 41.6 Å². The molecule has 2 atom stereocenters. The Labute approximate surface area is 193 Å². The molecule has 0 saturated carbocycles. The van der Waals surface area contributed by atoms with Gasteiger partial charge in [0.1, 0.15) is 0 Å². The van der Waals surface area contributed by atoms with E-state index in [2.05, 4.69) is 43.3 Å². The number of rotatable bonds is 7. The number of aromatic nitrogens is 1. The second kappa shape index (κ2) is 12.6. The van der Waals surface area contributed by atoms with E-state index in [4.69, 9.17) is 14.5 Å². The standard InChI is InChI=1S/C22H38N4O2.HI/c1-7-23-21(25-14-17-10-11-19(24-13-17)28-16(2)3)26-15-18-9-8-12-27-20(18)22(4,5)6;/h10-11,13,16,18,20H,7-9,12,14-15H2,1-6H3,(H2,23,25,26);1H. The van der Waals surface area contributed by atoms with Crippen molar-refractivity contribution >= 4 is 29.9 Å². The zero-order valence-electron chi connectivity index (χ0n) is 18.8. The van der Waals surface area contributed by atoms with E-state index >= 15 is 0 Å². The van der Waals surface area contributed by atoms with Gasteiger partial charge in [0.05, 0.1) is 18.8 Å². The molecule has 0 bridgehead atoms. The van der Waals surface area contributed by atoms with Crippen LogP contribution in [0.25, 0.3) is 0 Å². The fourth-order valence-electron chi connectivity index (χ4n) is 3.57. The Balaban J connectivity index is 0.00000420. The first-order valence-electron chi connectivity index (χ1n) is 10.5. The second-order valence-corrected chi connectivity index (χ2v) is 8.81. The maximum absolute atomic E-state index is 6.09. The summed E-state index contributed by atoms with van der Waals surface area (Å²) in [5.74, 6) is 1.98. The highest BCUT2D eigenvalue weighted by atomic mass is 127. The van der Waals surface area contributed by atoms with Crippen molar-refractivity contribution in [3.63, 3.8) is 0 Å². The summed E-state index contributed by atoms with van der Waals surface area (Å²) in [5, 5.41) is 6.85. The number of halogens is 1. The predicted molar refractivity (Wildman–Crippen MR) is 130 cm³/mol. The molecule has 2 unspecified atom stereocenters. The van der Waals surface area contributed by atoms with Crippen LogP contribution in [0.5, 0.6) is 5.88 Å². The first kappa shape index (κ1) is 25.9. The van der Waals surface area contributed by atoms with Crippen LogP contribution in [0.15, 0.2) is 23.3 Å². The van der Waals surface area contributed by atoms with Crippen molar-refractivity contribution in [2.45, 2.75) is 73.1 Å². The van der Waals surface area contributed by atoms with Gasteiger partial charge in [-0.05, 0) is 44.6 Å². The lowest BCUT2D eigenvalue weighted by atomic mass is 9.78. The van der Waals surface area contributed by atoms with Crippen LogP contribution >= 0.6 is 24.0 Å². The third-order valence-corrected chi connectivity index (χ3v) is 4.75. The van der Waals surface area contributed by atoms with Crippen molar-refractivity contribution in [2.75, 3.05) is 19.7 Å². The highest BCUT2D eigenvalue weighted by molar-refractivity contribution is 14.0. The minimum absolute atomic E-state index is 0. The van der Waals surface area contributed by atoms with Crippen LogP contribution in [0, 0.1) is 11.3 Å². The summed E-state index contributed by atoms with van der Waals surface area (Å²) in [6, 6.07) is 3.92. The lowest BCUT2D eigenvalue weighted by Crippen LogP contribution is -2.47. The molecule has 1 aliphatic heterocycles. The van der Waals surface area contributed by atoms with Gasteiger partial charge in [-0.25, -0.2) is 9.98 Å². The zero-order chi connectivity index (χ0) is 20.6. The number of nitrogens with one attached hydrogen (secondary N) is 2. The van der Waals surface area contributed by atoms with Gasteiger partial charge in [-0.15, -0.1) is 24.0 Å². The summed E-state index contributed by atoms with van der Waals surface area (Å²) in [4.78, 5) is 9.07. The Morgan fingerprint density at radius 1 is 1.31 bits per heavy atom. The molecule has 2 rings (SSSR count). The molecule has 166 valence electrons. The van der Waals surface area contributed by atoms with Gasteiger partial charge in [-0.1, -0.05) is 26.8 Å². The smallest absolute Gasteiger partial charge is 0.213 e. The minimum atomic E-state index is 0. The van der Waals surface area contributed by atoms with Crippen molar-refractivity contribution in [3.8, 4) is 5.88 Å². The molecule has 0 aliphatic carbocycles. The summed E-state index contributed by atoms with van der Waals surface area (Å²) >= 11 is 0. The van der Waals surface area contributed by atoms with Gasteiger partial charge in [-0.3, -0.25) is 0 Å². The van der Waals surface area contributed by atoms with Gasteiger partial charge in [0.2, 0.25) is 5.88 Å². The SMILES string of the molecule is CCNC(=NCc1ccc(OC(C)C)nc1)NCC1CCCOC1C(C)(C)C.I. The molecular formula is C22H39IN4O2. The van der Waals surface area contributed by atoms with Crippen LogP contribution in [0.1, 0.15) is 59.9 Å². The lowest BCUT2D eigenvalue weighted by Gasteiger charge is -2.40. The topological polar surface area (TPSA) is 67.8 Å². The molecule has 0 aromatic carbocycles. The third kappa shape index (κ3) is 9.07. The van der Waals surface area contributed by atoms with Crippen molar-refractivity contribution < 1.29 is 9.47 Å². The molecule has 6 nitrogen and oxygen atoms in total. The molecule has 0 radical (unpaired) electrons. The Morgan fingerprint density at radius 2 is 2.07 bits per heavy atom. The molecule has 0 amide bonds. The molecule has 7 heteroatoms. The molecule has 1 aromatic rings. The maximum atomic E-state index is 6.09. The average Bonchev–Trinajstić information content (AvgIpc) is 2.64. The highest BCUT2D eigenvalue weighted by Gasteiger charge is 2.35.